The molecular weight excluding hydrogens is 1160 g/mol. The summed E-state index contributed by atoms with van der Waals surface area (Å²) < 4.78 is 41.7. The number of rotatable bonds is 8. The SMILES string of the molecule is CC[C@H](C)[C@@H]1NC(=O)[C@H](C)N(C)C(=O)C[C@@H](C)NC(=O)[C@H](C2CCCC2)N(C)C(=O)C2(CCCC2)NC(=O)[C@@H]2CCCN2C(=O)[C@H](CCC2CCC(C(F)(F)F)C(Cl)C2)NC(=O)[C@@H](C)N(C)C(=O)[C@H](CC(C)C)N(C)C(=O)CN(C)C(=O)CN(C)C1=O. The van der Waals surface area contributed by atoms with E-state index in [1.54, 1.807) is 13.8 Å². The molecule has 0 bridgehead atoms. The zero-order valence-electron chi connectivity index (χ0n) is 53.6. The maximum Gasteiger partial charge on any atom is 0.393 e. The highest BCUT2D eigenvalue weighted by molar-refractivity contribution is 6.20. The van der Waals surface area contributed by atoms with Gasteiger partial charge in [0.05, 0.1) is 19.0 Å². The van der Waals surface area contributed by atoms with Gasteiger partial charge >= 0.3 is 6.18 Å². The molecule has 2 aliphatic heterocycles. The van der Waals surface area contributed by atoms with Gasteiger partial charge in [-0.2, -0.15) is 13.2 Å². The molecule has 492 valence electrons. The van der Waals surface area contributed by atoms with Gasteiger partial charge in [0, 0.05) is 66.7 Å². The van der Waals surface area contributed by atoms with E-state index in [9.17, 15) is 56.3 Å². The van der Waals surface area contributed by atoms with Crippen molar-refractivity contribution in [1.82, 2.24) is 55.6 Å². The Kier molecular flexibility index (Phi) is 25.8. The number of likely N-dealkylation sites (N-methyl/N-ethyl adjacent to an activating group) is 6. The van der Waals surface area contributed by atoms with Crippen LogP contribution in [0.4, 0.5) is 13.2 Å². The van der Waals surface area contributed by atoms with Gasteiger partial charge in [-0.3, -0.25) is 52.7 Å². The number of amides is 11. The summed E-state index contributed by atoms with van der Waals surface area (Å²) in [7, 11) is 8.50. The molecule has 1 spiro atoms. The molecule has 2 heterocycles. The Hall–Kier alpha value is -5.75. The number of carbonyl (C=O) groups excluding carboxylic acids is 11. The van der Waals surface area contributed by atoms with Crippen LogP contribution in [0, 0.1) is 29.6 Å². The number of fused-ring (bicyclic) bond motifs is 1. The second-order valence-electron chi connectivity index (χ2n) is 26.2. The number of alkyl halides is 4. The van der Waals surface area contributed by atoms with Crippen molar-refractivity contribution in [1.29, 1.82) is 0 Å². The highest BCUT2D eigenvalue weighted by Gasteiger charge is 2.51. The number of nitrogens with zero attached hydrogens (tertiary/aromatic N) is 7. The van der Waals surface area contributed by atoms with Crippen molar-refractivity contribution in [3.8, 4) is 0 Å². The first-order valence-electron chi connectivity index (χ1n) is 31.4. The van der Waals surface area contributed by atoms with Gasteiger partial charge in [0.25, 0.3) is 0 Å². The van der Waals surface area contributed by atoms with E-state index in [1.807, 2.05) is 20.8 Å². The van der Waals surface area contributed by atoms with E-state index in [1.165, 1.54) is 75.7 Å². The Morgan fingerprint density at radius 2 is 1.22 bits per heavy atom. The first kappa shape index (κ1) is 72.0. The third-order valence-electron chi connectivity index (χ3n) is 19.4. The van der Waals surface area contributed by atoms with Gasteiger partial charge in [-0.1, -0.05) is 59.8 Å². The van der Waals surface area contributed by atoms with E-state index >= 15 is 9.59 Å². The summed E-state index contributed by atoms with van der Waals surface area (Å²) >= 11 is 6.35. The third kappa shape index (κ3) is 18.0. The van der Waals surface area contributed by atoms with E-state index in [2.05, 4.69) is 21.3 Å². The molecule has 0 aromatic carbocycles. The van der Waals surface area contributed by atoms with Crippen LogP contribution < -0.4 is 21.3 Å². The van der Waals surface area contributed by atoms with Gasteiger partial charge in [0.15, 0.2) is 0 Å². The number of nitrogens with one attached hydrogen (secondary N) is 4. The van der Waals surface area contributed by atoms with E-state index in [0.29, 0.717) is 38.5 Å². The molecule has 0 radical (unpaired) electrons. The lowest BCUT2D eigenvalue weighted by Crippen LogP contribution is -2.64. The Balaban J connectivity index is 1.52. The van der Waals surface area contributed by atoms with Crippen molar-refractivity contribution in [2.24, 2.45) is 29.6 Å². The lowest BCUT2D eigenvalue weighted by molar-refractivity contribution is -0.182. The molecule has 3 saturated carbocycles. The molecule has 0 aromatic heterocycles. The molecule has 2 saturated heterocycles. The summed E-state index contributed by atoms with van der Waals surface area (Å²) in [4.78, 5) is 167. The van der Waals surface area contributed by atoms with Crippen LogP contribution in [0.3, 0.4) is 0 Å². The molecule has 11 amide bonds. The Morgan fingerprint density at radius 3 is 1.80 bits per heavy atom. The van der Waals surface area contributed by atoms with Crippen LogP contribution in [0.5, 0.6) is 0 Å². The van der Waals surface area contributed by atoms with Gasteiger partial charge in [-0.15, -0.1) is 11.6 Å². The minimum atomic E-state index is -4.49. The highest BCUT2D eigenvalue weighted by Crippen LogP contribution is 2.44. The molecule has 5 aliphatic rings. The van der Waals surface area contributed by atoms with Crippen molar-refractivity contribution >= 4 is 76.6 Å². The summed E-state index contributed by atoms with van der Waals surface area (Å²) in [5.74, 6) is -9.56. The third-order valence-corrected chi connectivity index (χ3v) is 19.9. The lowest BCUT2D eigenvalue weighted by atomic mass is 9.78. The quantitative estimate of drug-likeness (QED) is 0.251. The predicted molar refractivity (Wildman–Crippen MR) is 320 cm³/mol. The molecule has 5 rings (SSSR count). The van der Waals surface area contributed by atoms with Crippen LogP contribution >= 0.6 is 11.6 Å². The smallest absolute Gasteiger partial charge is 0.351 e. The predicted octanol–water partition coefficient (Wildman–Crippen LogP) is 4.20. The Labute approximate surface area is 517 Å². The molecule has 87 heavy (non-hydrogen) atoms. The average molecular weight is 1250 g/mol. The maximum absolute atomic E-state index is 15.1. The van der Waals surface area contributed by atoms with E-state index in [0.717, 1.165) is 27.5 Å². The largest absolute Gasteiger partial charge is 0.393 e. The zero-order valence-corrected chi connectivity index (χ0v) is 54.3. The van der Waals surface area contributed by atoms with Gasteiger partial charge in [-0.05, 0) is 121 Å². The number of halogens is 4. The van der Waals surface area contributed by atoms with Crippen LogP contribution in [0.2, 0.25) is 0 Å². The minimum absolute atomic E-state index is 0.0102. The van der Waals surface area contributed by atoms with Crippen molar-refractivity contribution in [2.75, 3.05) is 61.9 Å². The summed E-state index contributed by atoms with van der Waals surface area (Å²) in [6, 6.07) is -8.83. The van der Waals surface area contributed by atoms with Crippen molar-refractivity contribution < 1.29 is 65.9 Å². The van der Waals surface area contributed by atoms with Crippen LogP contribution in [0.15, 0.2) is 0 Å². The Bertz CT molecular complexity index is 2500. The molecule has 12 atom stereocenters. The molecule has 3 aliphatic carbocycles. The van der Waals surface area contributed by atoms with Crippen molar-refractivity contribution in [2.45, 2.75) is 229 Å². The van der Waals surface area contributed by atoms with Crippen molar-refractivity contribution in [3.05, 3.63) is 0 Å². The molecule has 22 nitrogen and oxygen atoms in total. The van der Waals surface area contributed by atoms with Crippen molar-refractivity contribution in [3.63, 3.8) is 0 Å². The molecule has 5 fully saturated rings. The van der Waals surface area contributed by atoms with Gasteiger partial charge in [0.2, 0.25) is 65.0 Å². The van der Waals surface area contributed by atoms with Crippen LogP contribution in [-0.4, -0.2) is 227 Å². The fourth-order valence-electron chi connectivity index (χ4n) is 13.2. The maximum atomic E-state index is 15.1. The summed E-state index contributed by atoms with van der Waals surface area (Å²) in [5.41, 5.74) is -1.46. The van der Waals surface area contributed by atoms with Gasteiger partial charge < -0.3 is 55.6 Å². The fourth-order valence-corrected chi connectivity index (χ4v) is 13.8. The first-order valence-corrected chi connectivity index (χ1v) is 31.9. The molecule has 26 heteroatoms. The second-order valence-corrected chi connectivity index (χ2v) is 26.8. The van der Waals surface area contributed by atoms with E-state index in [4.69, 9.17) is 11.6 Å². The minimum Gasteiger partial charge on any atom is -0.351 e. The highest BCUT2D eigenvalue weighted by atomic mass is 35.5. The summed E-state index contributed by atoms with van der Waals surface area (Å²) in [6.45, 7) is 10.9. The second kappa shape index (κ2) is 31.1. The van der Waals surface area contributed by atoms with E-state index < -0.39 is 155 Å². The number of hydrogen-bond donors (Lipinski definition) is 4. The number of carbonyl (C=O) groups is 11. The zero-order chi connectivity index (χ0) is 65.2. The molecule has 4 N–H and O–H groups in total. The molecular formula is C61H99ClF3N11O11. The molecule has 3 unspecified atom stereocenters. The first-order chi connectivity index (χ1) is 40.6. The fraction of sp³-hybridized carbons (Fsp3) is 0.820. The van der Waals surface area contributed by atoms with Crippen LogP contribution in [0.25, 0.3) is 0 Å². The normalized spacial score (nSPS) is 31.1. The monoisotopic (exact) mass is 1250 g/mol. The van der Waals surface area contributed by atoms with Gasteiger partial charge in [0.1, 0.15) is 47.8 Å². The molecule has 0 aromatic rings. The topological polar surface area (TPSA) is 259 Å². The average Bonchev–Trinajstić information content (AvgIpc) is 2.11. The van der Waals surface area contributed by atoms with Crippen LogP contribution in [-0.2, 0) is 52.7 Å². The van der Waals surface area contributed by atoms with E-state index in [-0.39, 0.29) is 88.5 Å². The lowest BCUT2D eigenvalue weighted by Gasteiger charge is -2.40. The Morgan fingerprint density at radius 1 is 0.621 bits per heavy atom. The van der Waals surface area contributed by atoms with Crippen LogP contribution in [0.1, 0.15) is 164 Å². The standard InChI is InChI=1S/C61H99ClF3N11O11/c1-14-36(4)50-58(86)71(9)33-48(78)70(8)34-49(79)74(12)46(30-35(2)3)57(85)73(11)39(7)52(80)67-44(26-24-40-23-25-42(43(62)32-40)61(63,64)65)56(84)76-29-19-22-45(76)54(82)69-60(27-17-18-28-60)59(87)75(13)51(41-20-15-16-21-41)55(83)66-37(5)31-47(77)72(10)38(6)53(81)68-50/h35-46,50-51H,14-34H2,1-13H3,(H,66,83)(H,67,80)(H,68,81)(H,69,82)/t36-,37+,38-,39+,40?,42?,43?,44-,45-,46-,50-,51-/m0/s1. The van der Waals surface area contributed by atoms with Gasteiger partial charge in [-0.25, -0.2) is 0 Å². The summed E-state index contributed by atoms with van der Waals surface area (Å²) in [5, 5.41) is 10.4. The number of hydrogen-bond acceptors (Lipinski definition) is 11. The summed E-state index contributed by atoms with van der Waals surface area (Å²) in [6.07, 6.45) is 1.07.